The van der Waals surface area contributed by atoms with E-state index >= 15 is 0 Å². The number of piperidine rings is 1. The standard InChI is InChI=1S/C18H19F2N5O5.C8H7N/c1-28-16-12(15(21)26)5-13(14(23-16)9-6-22-25(7-9)17(19)20)30-11-2-3-24-10(4-11)8-29-18(24)27;1-7-2-4-8(6-9)5-3-7/h5-7,10-11,17H,2-4,8H2,1H3,(H2,21,26);2-5H,1H3/t10-,11-;/m0./s1. The molecule has 3 aromatic rings. The smallest absolute Gasteiger partial charge is 0.410 e. The zero-order chi connectivity index (χ0) is 28.1. The SMILES string of the molecule is COc1nc(-c2cnn(C(F)F)c2)c(O[C@H]2CCN3C(=O)OC[C@@H]3C2)cc1C(N)=O.Cc1ccc(C#N)cc1. The Morgan fingerprint density at radius 2 is 2.05 bits per heavy atom. The van der Waals surface area contributed by atoms with Gasteiger partial charge >= 0.3 is 12.6 Å². The Morgan fingerprint density at radius 3 is 2.67 bits per heavy atom. The van der Waals surface area contributed by atoms with Gasteiger partial charge in [0.25, 0.3) is 5.91 Å². The number of aromatic nitrogens is 3. The van der Waals surface area contributed by atoms with E-state index < -0.39 is 12.5 Å². The number of ether oxygens (including phenoxy) is 3. The van der Waals surface area contributed by atoms with E-state index in [0.29, 0.717) is 24.1 Å². The van der Waals surface area contributed by atoms with Crippen LogP contribution in [0.25, 0.3) is 11.3 Å². The van der Waals surface area contributed by atoms with Crippen LogP contribution in [0.15, 0.2) is 42.7 Å². The Labute approximate surface area is 222 Å². The van der Waals surface area contributed by atoms with Gasteiger partial charge in [-0.2, -0.15) is 19.1 Å². The molecule has 2 atom stereocenters. The molecule has 5 rings (SSSR count). The van der Waals surface area contributed by atoms with Gasteiger partial charge in [0.1, 0.15) is 29.7 Å². The van der Waals surface area contributed by atoms with Crippen LogP contribution < -0.4 is 15.2 Å². The largest absolute Gasteiger partial charge is 0.488 e. The van der Waals surface area contributed by atoms with Crippen LogP contribution in [-0.4, -0.2) is 64.1 Å². The summed E-state index contributed by atoms with van der Waals surface area (Å²) in [5.74, 6) is -0.648. The molecule has 2 saturated heterocycles. The van der Waals surface area contributed by atoms with Crippen molar-refractivity contribution in [2.45, 2.75) is 38.5 Å². The Bertz CT molecular complexity index is 1390. The molecule has 0 spiro atoms. The van der Waals surface area contributed by atoms with Gasteiger partial charge in [-0.3, -0.25) is 4.79 Å². The van der Waals surface area contributed by atoms with E-state index in [4.69, 9.17) is 25.2 Å². The second-order valence-corrected chi connectivity index (χ2v) is 8.91. The van der Waals surface area contributed by atoms with Gasteiger partial charge in [0, 0.05) is 37.2 Å². The number of halogens is 2. The topological polar surface area (TPSA) is 146 Å². The summed E-state index contributed by atoms with van der Waals surface area (Å²) in [5, 5.41) is 12.0. The normalized spacial score (nSPS) is 17.9. The number of nitrogens with two attached hydrogens (primary N) is 1. The number of methoxy groups -OCH3 is 1. The Balaban J connectivity index is 0.000000333. The van der Waals surface area contributed by atoms with E-state index in [2.05, 4.69) is 16.2 Å². The zero-order valence-electron chi connectivity index (χ0n) is 21.2. The quantitative estimate of drug-likeness (QED) is 0.498. The molecule has 0 unspecified atom stereocenters. The summed E-state index contributed by atoms with van der Waals surface area (Å²) >= 11 is 0. The summed E-state index contributed by atoms with van der Waals surface area (Å²) in [7, 11) is 1.31. The minimum absolute atomic E-state index is 0.00526. The number of aryl methyl sites for hydroxylation is 1. The molecule has 39 heavy (non-hydrogen) atoms. The molecule has 1 aromatic carbocycles. The highest BCUT2D eigenvalue weighted by Crippen LogP contribution is 2.36. The lowest BCUT2D eigenvalue weighted by Gasteiger charge is -2.32. The monoisotopic (exact) mass is 540 g/mol. The van der Waals surface area contributed by atoms with Gasteiger partial charge in [-0.15, -0.1) is 0 Å². The number of primary amides is 1. The maximum Gasteiger partial charge on any atom is 0.410 e. The number of fused-ring (bicyclic) bond motifs is 1. The van der Waals surface area contributed by atoms with Gasteiger partial charge in [0.2, 0.25) is 5.88 Å². The number of rotatable bonds is 6. The third kappa shape index (κ3) is 6.23. The Kier molecular flexibility index (Phi) is 8.24. The zero-order valence-corrected chi connectivity index (χ0v) is 21.2. The van der Waals surface area contributed by atoms with E-state index in [-0.39, 0.29) is 53.3 Å². The molecular formula is C26H26F2N6O5. The van der Waals surface area contributed by atoms with Crippen molar-refractivity contribution >= 4 is 12.0 Å². The van der Waals surface area contributed by atoms with Crippen molar-refractivity contribution in [3.8, 4) is 29.0 Å². The van der Waals surface area contributed by atoms with Crippen LogP contribution in [-0.2, 0) is 4.74 Å². The van der Waals surface area contributed by atoms with Crippen molar-refractivity contribution in [2.24, 2.45) is 5.73 Å². The van der Waals surface area contributed by atoms with Gasteiger partial charge in [0.15, 0.2) is 0 Å². The van der Waals surface area contributed by atoms with Crippen LogP contribution in [0, 0.1) is 18.3 Å². The highest BCUT2D eigenvalue weighted by atomic mass is 19.3. The lowest BCUT2D eigenvalue weighted by molar-refractivity contribution is 0.0566. The van der Waals surface area contributed by atoms with E-state index in [1.807, 2.05) is 31.2 Å². The first-order valence-electron chi connectivity index (χ1n) is 12.0. The molecular weight excluding hydrogens is 514 g/mol. The molecule has 0 saturated carbocycles. The molecule has 2 fully saturated rings. The molecule has 2 amide bonds. The second kappa shape index (κ2) is 11.8. The molecule has 204 valence electrons. The maximum atomic E-state index is 13.0. The molecule has 13 heteroatoms. The number of nitrogens with zero attached hydrogens (tertiary/aromatic N) is 5. The highest BCUT2D eigenvalue weighted by Gasteiger charge is 2.39. The number of cyclic esters (lactones) is 1. The molecule has 2 aliphatic rings. The molecule has 0 bridgehead atoms. The molecule has 2 aliphatic heterocycles. The van der Waals surface area contributed by atoms with E-state index in [1.54, 1.807) is 4.90 Å². The number of carbonyl (C=O) groups is 2. The molecule has 0 radical (unpaired) electrons. The lowest BCUT2D eigenvalue weighted by Crippen LogP contribution is -2.44. The summed E-state index contributed by atoms with van der Waals surface area (Å²) < 4.78 is 42.7. The predicted molar refractivity (Wildman–Crippen MR) is 133 cm³/mol. The van der Waals surface area contributed by atoms with Crippen LogP contribution in [0.2, 0.25) is 0 Å². The minimum Gasteiger partial charge on any atom is -0.488 e. The number of benzene rings is 1. The van der Waals surface area contributed by atoms with Crippen LogP contribution >= 0.6 is 0 Å². The van der Waals surface area contributed by atoms with Crippen molar-refractivity contribution in [2.75, 3.05) is 20.3 Å². The maximum absolute atomic E-state index is 13.0. The summed E-state index contributed by atoms with van der Waals surface area (Å²) in [4.78, 5) is 29.4. The summed E-state index contributed by atoms with van der Waals surface area (Å²) in [5.41, 5.74) is 7.77. The van der Waals surface area contributed by atoms with Gasteiger partial charge in [-0.05, 0) is 19.1 Å². The number of hydrogen-bond acceptors (Lipinski definition) is 8. The van der Waals surface area contributed by atoms with E-state index in [1.165, 1.54) is 24.9 Å². The van der Waals surface area contributed by atoms with Crippen molar-refractivity contribution in [1.29, 1.82) is 5.26 Å². The van der Waals surface area contributed by atoms with Crippen LogP contribution in [0.5, 0.6) is 11.6 Å². The first kappa shape index (κ1) is 27.3. The van der Waals surface area contributed by atoms with Crippen LogP contribution in [0.4, 0.5) is 13.6 Å². The van der Waals surface area contributed by atoms with Crippen molar-refractivity contribution < 1.29 is 32.6 Å². The van der Waals surface area contributed by atoms with Gasteiger partial charge in [-0.1, -0.05) is 17.7 Å². The molecule has 2 N–H and O–H groups in total. The van der Waals surface area contributed by atoms with E-state index in [9.17, 15) is 18.4 Å². The molecule has 4 heterocycles. The number of alkyl halides is 2. The second-order valence-electron chi connectivity index (χ2n) is 8.91. The summed E-state index contributed by atoms with van der Waals surface area (Å²) in [6.07, 6.45) is 2.73. The average molecular weight is 541 g/mol. The molecule has 11 nitrogen and oxygen atoms in total. The lowest BCUT2D eigenvalue weighted by atomic mass is 10.0. The minimum atomic E-state index is -2.82. The highest BCUT2D eigenvalue weighted by molar-refractivity contribution is 5.96. The fourth-order valence-electron chi connectivity index (χ4n) is 4.25. The van der Waals surface area contributed by atoms with E-state index in [0.717, 1.165) is 11.8 Å². The number of carbonyl (C=O) groups excluding carboxylic acids is 2. The summed E-state index contributed by atoms with van der Waals surface area (Å²) in [6, 6.07) is 10.8. The average Bonchev–Trinajstić information content (AvgIpc) is 3.56. The first-order valence-corrected chi connectivity index (χ1v) is 12.0. The van der Waals surface area contributed by atoms with Crippen molar-refractivity contribution in [3.05, 3.63) is 59.4 Å². The first-order chi connectivity index (χ1) is 18.7. The predicted octanol–water partition coefficient (Wildman–Crippen LogP) is 3.68. The van der Waals surface area contributed by atoms with Gasteiger partial charge < -0.3 is 24.8 Å². The number of nitriles is 1. The number of pyridine rings is 1. The van der Waals surface area contributed by atoms with Gasteiger partial charge in [-0.25, -0.2) is 14.5 Å². The van der Waals surface area contributed by atoms with Crippen LogP contribution in [0.1, 0.15) is 40.9 Å². The van der Waals surface area contributed by atoms with Crippen molar-refractivity contribution in [1.82, 2.24) is 19.7 Å². The third-order valence-electron chi connectivity index (χ3n) is 6.26. The number of hydrogen-bond donors (Lipinski definition) is 1. The summed E-state index contributed by atoms with van der Waals surface area (Å²) in [6.45, 7) is -0.0838. The third-order valence-corrected chi connectivity index (χ3v) is 6.26. The fraction of sp³-hybridized carbons (Fsp3) is 0.346. The number of amides is 2. The Morgan fingerprint density at radius 1 is 1.31 bits per heavy atom. The van der Waals surface area contributed by atoms with Crippen LogP contribution in [0.3, 0.4) is 0 Å². The Hall–Kier alpha value is -4.73. The molecule has 2 aromatic heterocycles. The molecule has 0 aliphatic carbocycles. The fourth-order valence-corrected chi connectivity index (χ4v) is 4.25. The van der Waals surface area contributed by atoms with Crippen molar-refractivity contribution in [3.63, 3.8) is 0 Å². The van der Waals surface area contributed by atoms with Gasteiger partial charge in [0.05, 0.1) is 31.0 Å².